The van der Waals surface area contributed by atoms with Crippen LogP contribution in [0.3, 0.4) is 0 Å². The van der Waals surface area contributed by atoms with Gasteiger partial charge in [0, 0.05) is 30.6 Å². The number of aromatic nitrogens is 2. The Labute approximate surface area is 202 Å². The number of carbonyl (C=O) groups is 1. The third-order valence-electron chi connectivity index (χ3n) is 8.64. The van der Waals surface area contributed by atoms with E-state index in [0.29, 0.717) is 24.0 Å². The van der Waals surface area contributed by atoms with Crippen LogP contribution in [0.25, 0.3) is 11.0 Å². The van der Waals surface area contributed by atoms with Crippen LogP contribution in [0.2, 0.25) is 0 Å². The molecule has 2 aliphatic heterocycles. The van der Waals surface area contributed by atoms with Crippen molar-refractivity contribution in [3.05, 3.63) is 66.0 Å². The summed E-state index contributed by atoms with van der Waals surface area (Å²) in [6, 6.07) is 21.0. The predicted octanol–water partition coefficient (Wildman–Crippen LogP) is 5.42. The van der Waals surface area contributed by atoms with E-state index in [2.05, 4.69) is 83.2 Å². The Bertz CT molecular complexity index is 1160. The first-order chi connectivity index (χ1) is 16.6. The van der Waals surface area contributed by atoms with Crippen LogP contribution in [0.1, 0.15) is 68.9 Å². The molecular formula is C29H36N4O. The number of piperidine rings is 1. The molecule has 1 amide bonds. The molecule has 1 saturated carbocycles. The molecule has 5 nitrogen and oxygen atoms in total. The number of nitrogens with zero attached hydrogens (tertiary/aromatic N) is 3. The normalized spacial score (nSPS) is 29.3. The number of aryl methyl sites for hydroxylation is 1. The topological polar surface area (TPSA) is 50.2 Å². The Hall–Kier alpha value is -2.66. The summed E-state index contributed by atoms with van der Waals surface area (Å²) in [5.74, 6) is 2.13. The van der Waals surface area contributed by atoms with Crippen molar-refractivity contribution in [1.29, 1.82) is 0 Å². The summed E-state index contributed by atoms with van der Waals surface area (Å²) in [5.41, 5.74) is 3.62. The van der Waals surface area contributed by atoms with Crippen molar-refractivity contribution in [2.45, 2.75) is 76.5 Å². The van der Waals surface area contributed by atoms with Crippen molar-refractivity contribution in [2.24, 2.45) is 11.8 Å². The molecule has 0 spiro atoms. The maximum atomic E-state index is 12.8. The first kappa shape index (κ1) is 21.8. The zero-order chi connectivity index (χ0) is 23.2. The molecule has 3 aromatic rings. The van der Waals surface area contributed by atoms with Gasteiger partial charge in [-0.15, -0.1) is 0 Å². The summed E-state index contributed by atoms with van der Waals surface area (Å²) in [5, 5.41) is 3.40. The molecule has 2 aromatic carbocycles. The molecule has 6 atom stereocenters. The molecule has 1 N–H and O–H groups in total. The number of benzene rings is 2. The van der Waals surface area contributed by atoms with E-state index < -0.39 is 0 Å². The number of amides is 1. The Morgan fingerprint density at radius 3 is 2.38 bits per heavy atom. The van der Waals surface area contributed by atoms with Crippen LogP contribution in [0.4, 0.5) is 0 Å². The maximum Gasteiger partial charge on any atom is 0.223 e. The molecule has 3 unspecified atom stereocenters. The number of fused-ring (bicyclic) bond motifs is 3. The Balaban J connectivity index is 1.15. The third kappa shape index (κ3) is 4.04. The number of rotatable bonds is 7. The summed E-state index contributed by atoms with van der Waals surface area (Å²) in [6.45, 7) is 5.38. The molecule has 1 aromatic heterocycles. The molecule has 2 bridgehead atoms. The predicted molar refractivity (Wildman–Crippen MR) is 135 cm³/mol. The maximum absolute atomic E-state index is 12.8. The first-order valence-electron chi connectivity index (χ1n) is 13.1. The van der Waals surface area contributed by atoms with E-state index >= 15 is 0 Å². The van der Waals surface area contributed by atoms with E-state index in [-0.39, 0.29) is 17.9 Å². The largest absolute Gasteiger partial charge is 0.349 e. The molecule has 1 aliphatic carbocycles. The van der Waals surface area contributed by atoms with Crippen molar-refractivity contribution < 1.29 is 4.79 Å². The van der Waals surface area contributed by atoms with E-state index in [1.807, 2.05) is 0 Å². The van der Waals surface area contributed by atoms with Crippen LogP contribution in [0, 0.1) is 18.8 Å². The number of hydrogen-bond donors (Lipinski definition) is 1. The lowest BCUT2D eigenvalue weighted by Crippen LogP contribution is -2.45. The van der Waals surface area contributed by atoms with Gasteiger partial charge < -0.3 is 9.88 Å². The van der Waals surface area contributed by atoms with Crippen molar-refractivity contribution in [2.75, 3.05) is 6.54 Å². The summed E-state index contributed by atoms with van der Waals surface area (Å²) < 4.78 is 2.50. The fraction of sp³-hybridized carbons (Fsp3) is 0.517. The average Bonchev–Trinajstić information content (AvgIpc) is 3.42. The molecule has 3 aliphatic rings. The van der Waals surface area contributed by atoms with E-state index in [1.54, 1.807) is 0 Å². The highest BCUT2D eigenvalue weighted by molar-refractivity contribution is 5.81. The lowest BCUT2D eigenvalue weighted by molar-refractivity contribution is -0.123. The molecule has 3 heterocycles. The highest BCUT2D eigenvalue weighted by atomic mass is 16.2. The highest BCUT2D eigenvalue weighted by Crippen LogP contribution is 2.43. The van der Waals surface area contributed by atoms with Crippen LogP contribution in [0.5, 0.6) is 0 Å². The lowest BCUT2D eigenvalue weighted by atomic mass is 9.95. The summed E-state index contributed by atoms with van der Waals surface area (Å²) >= 11 is 0. The van der Waals surface area contributed by atoms with Crippen LogP contribution in [0.15, 0.2) is 54.6 Å². The minimum absolute atomic E-state index is 0.0958. The second-order valence-electron chi connectivity index (χ2n) is 10.8. The van der Waals surface area contributed by atoms with Crippen molar-refractivity contribution >= 4 is 16.9 Å². The second-order valence-corrected chi connectivity index (χ2v) is 10.8. The lowest BCUT2D eigenvalue weighted by Gasteiger charge is -2.40. The minimum atomic E-state index is 0.0958. The summed E-state index contributed by atoms with van der Waals surface area (Å²) in [6.07, 6.45) is 6.97. The van der Waals surface area contributed by atoms with Gasteiger partial charge in [-0.25, -0.2) is 4.98 Å². The Morgan fingerprint density at radius 2 is 1.68 bits per heavy atom. The zero-order valence-corrected chi connectivity index (χ0v) is 20.4. The fourth-order valence-electron chi connectivity index (χ4n) is 6.70. The molecule has 3 fully saturated rings. The van der Waals surface area contributed by atoms with E-state index in [9.17, 15) is 4.79 Å². The van der Waals surface area contributed by atoms with E-state index in [1.165, 1.54) is 36.8 Å². The quantitative estimate of drug-likeness (QED) is 0.517. The number of carbonyl (C=O) groups excluding carboxylic acids is 1. The van der Waals surface area contributed by atoms with Gasteiger partial charge in [0.2, 0.25) is 5.91 Å². The number of nitrogens with one attached hydrogen (secondary N) is 1. The monoisotopic (exact) mass is 456 g/mol. The van der Waals surface area contributed by atoms with Gasteiger partial charge in [-0.1, -0.05) is 49.4 Å². The molecule has 2 saturated heterocycles. The minimum Gasteiger partial charge on any atom is -0.349 e. The van der Waals surface area contributed by atoms with Gasteiger partial charge >= 0.3 is 0 Å². The molecular weight excluding hydrogens is 420 g/mol. The second kappa shape index (κ2) is 8.84. The third-order valence-corrected chi connectivity index (χ3v) is 8.64. The van der Waals surface area contributed by atoms with Gasteiger partial charge in [0.05, 0.1) is 17.1 Å². The van der Waals surface area contributed by atoms with Crippen molar-refractivity contribution in [3.8, 4) is 0 Å². The first-order valence-corrected chi connectivity index (χ1v) is 13.1. The highest BCUT2D eigenvalue weighted by Gasteiger charge is 2.42. The van der Waals surface area contributed by atoms with Crippen LogP contribution >= 0.6 is 0 Å². The summed E-state index contributed by atoms with van der Waals surface area (Å²) in [4.78, 5) is 20.4. The van der Waals surface area contributed by atoms with Crippen LogP contribution in [-0.4, -0.2) is 39.0 Å². The molecule has 178 valence electrons. The smallest absolute Gasteiger partial charge is 0.223 e. The van der Waals surface area contributed by atoms with E-state index in [0.717, 1.165) is 30.7 Å². The molecule has 5 heteroatoms. The van der Waals surface area contributed by atoms with Crippen LogP contribution in [-0.2, 0) is 4.79 Å². The van der Waals surface area contributed by atoms with Gasteiger partial charge in [-0.3, -0.25) is 9.69 Å². The van der Waals surface area contributed by atoms with Crippen LogP contribution < -0.4 is 5.32 Å². The fourth-order valence-corrected chi connectivity index (χ4v) is 6.70. The van der Waals surface area contributed by atoms with Gasteiger partial charge in [-0.05, 0) is 69.1 Å². The van der Waals surface area contributed by atoms with Crippen molar-refractivity contribution in [3.63, 3.8) is 0 Å². The average molecular weight is 457 g/mol. The van der Waals surface area contributed by atoms with Gasteiger partial charge in [-0.2, -0.15) is 0 Å². The van der Waals surface area contributed by atoms with Crippen molar-refractivity contribution in [1.82, 2.24) is 19.8 Å². The number of imidazole rings is 1. The standard InChI is InChI=1S/C29H36N4O/c1-19-16-25(19)29(34)31-26(21-8-4-3-5-9-21)14-15-32-22-12-13-23(32)18-24(17-22)33-20(2)30-27-10-6-7-11-28(27)33/h3-11,19,22-26H,12-18H2,1-2H3,(H,31,34)/t19?,22-,23+,24?,25?,26-/m0/s1. The van der Waals surface area contributed by atoms with Gasteiger partial charge in [0.25, 0.3) is 0 Å². The van der Waals surface area contributed by atoms with E-state index in [4.69, 9.17) is 4.98 Å². The molecule has 0 radical (unpaired) electrons. The SMILES string of the molecule is Cc1nc2ccccc2n1C1C[C@H]2CC[C@@H](C1)N2CC[C@H](NC(=O)C1CC1C)c1ccccc1. The molecule has 34 heavy (non-hydrogen) atoms. The molecule has 6 rings (SSSR count). The summed E-state index contributed by atoms with van der Waals surface area (Å²) in [7, 11) is 0. The van der Waals surface area contributed by atoms with Gasteiger partial charge in [0.15, 0.2) is 0 Å². The number of hydrogen-bond acceptors (Lipinski definition) is 3. The Kier molecular flexibility index (Phi) is 5.68. The Morgan fingerprint density at radius 1 is 1.00 bits per heavy atom. The van der Waals surface area contributed by atoms with Gasteiger partial charge in [0.1, 0.15) is 5.82 Å². The number of para-hydroxylation sites is 2. The zero-order valence-electron chi connectivity index (χ0n) is 20.4.